The summed E-state index contributed by atoms with van der Waals surface area (Å²) in [4.78, 5) is 4.37. The van der Waals surface area contributed by atoms with Gasteiger partial charge < -0.3 is 9.51 Å². The second-order valence-corrected chi connectivity index (χ2v) is 3.95. The van der Waals surface area contributed by atoms with Gasteiger partial charge in [0.1, 0.15) is 0 Å². The van der Waals surface area contributed by atoms with Gasteiger partial charge in [0, 0.05) is 12.4 Å². The molecule has 0 aliphatic carbocycles. The van der Waals surface area contributed by atoms with Crippen LogP contribution < -0.4 is 0 Å². The molecule has 74 valence electrons. The van der Waals surface area contributed by atoms with Crippen molar-refractivity contribution in [3.63, 3.8) is 0 Å². The third kappa shape index (κ3) is 1.58. The molecule has 3 heteroatoms. The number of fused-ring (bicyclic) bond motifs is 1. The monoisotopic (exact) mass is 190 g/mol. The fourth-order valence-electron chi connectivity index (χ4n) is 1.57. The van der Waals surface area contributed by atoms with Crippen molar-refractivity contribution in [2.75, 3.05) is 0 Å². The molecule has 0 bridgehead atoms. The Bertz CT molecular complexity index is 445. The minimum atomic E-state index is 0.238. The normalized spacial score (nSPS) is 11.4. The van der Waals surface area contributed by atoms with Gasteiger partial charge >= 0.3 is 0 Å². The van der Waals surface area contributed by atoms with Gasteiger partial charge in [-0.2, -0.15) is 0 Å². The second-order valence-electron chi connectivity index (χ2n) is 3.95. The van der Waals surface area contributed by atoms with Crippen LogP contribution in [0, 0.1) is 5.92 Å². The summed E-state index contributed by atoms with van der Waals surface area (Å²) in [5.74, 6) is 0.824. The van der Waals surface area contributed by atoms with Crippen LogP contribution in [0.25, 0.3) is 5.65 Å². The van der Waals surface area contributed by atoms with Gasteiger partial charge in [-0.1, -0.05) is 13.8 Å². The highest BCUT2D eigenvalue weighted by molar-refractivity contribution is 5.53. The Morgan fingerprint density at radius 2 is 2.29 bits per heavy atom. The first-order valence-electron chi connectivity index (χ1n) is 4.82. The summed E-state index contributed by atoms with van der Waals surface area (Å²) in [5.41, 5.74) is 1.67. The largest absolute Gasteiger partial charge is 0.504 e. The van der Waals surface area contributed by atoms with Crippen LogP contribution in [-0.4, -0.2) is 14.5 Å². The van der Waals surface area contributed by atoms with E-state index in [1.54, 1.807) is 6.07 Å². The molecule has 0 aromatic carbocycles. The van der Waals surface area contributed by atoms with E-state index in [9.17, 15) is 5.11 Å². The first-order chi connectivity index (χ1) is 6.66. The van der Waals surface area contributed by atoms with Crippen molar-refractivity contribution in [1.82, 2.24) is 9.38 Å². The topological polar surface area (TPSA) is 37.5 Å². The number of imidazole rings is 1. The molecule has 0 unspecified atom stereocenters. The smallest absolute Gasteiger partial charge is 0.179 e. The molecule has 0 aliphatic rings. The molecule has 0 saturated carbocycles. The standard InChI is InChI=1S/C11H14N2O/c1-8(2)6-9-7-13-5-3-4-10(14)11(13)12-9/h3-5,7-8,14H,6H2,1-2H3. The number of pyridine rings is 1. The van der Waals surface area contributed by atoms with E-state index in [2.05, 4.69) is 18.8 Å². The molecule has 1 N–H and O–H groups in total. The van der Waals surface area contributed by atoms with Crippen LogP contribution in [0.15, 0.2) is 24.5 Å². The van der Waals surface area contributed by atoms with Gasteiger partial charge in [0.05, 0.1) is 5.69 Å². The molecule has 2 heterocycles. The zero-order valence-corrected chi connectivity index (χ0v) is 8.44. The van der Waals surface area contributed by atoms with Gasteiger partial charge in [-0.25, -0.2) is 4.98 Å². The van der Waals surface area contributed by atoms with Gasteiger partial charge in [0.25, 0.3) is 0 Å². The molecular formula is C11H14N2O. The molecule has 0 fully saturated rings. The van der Waals surface area contributed by atoms with Crippen LogP contribution in [0.5, 0.6) is 5.75 Å². The highest BCUT2D eigenvalue weighted by Crippen LogP contribution is 2.17. The highest BCUT2D eigenvalue weighted by Gasteiger charge is 2.06. The lowest BCUT2D eigenvalue weighted by atomic mass is 10.1. The Balaban J connectivity index is 2.46. The minimum absolute atomic E-state index is 0.238. The van der Waals surface area contributed by atoms with E-state index in [-0.39, 0.29) is 5.75 Å². The van der Waals surface area contributed by atoms with Gasteiger partial charge in [-0.15, -0.1) is 0 Å². The zero-order chi connectivity index (χ0) is 10.1. The van der Waals surface area contributed by atoms with Crippen LogP contribution in [0.1, 0.15) is 19.5 Å². The van der Waals surface area contributed by atoms with Crippen LogP contribution in [0.2, 0.25) is 0 Å². The third-order valence-electron chi connectivity index (χ3n) is 2.13. The molecule has 0 aliphatic heterocycles. The van der Waals surface area contributed by atoms with Gasteiger partial charge in [0.2, 0.25) is 0 Å². The summed E-state index contributed by atoms with van der Waals surface area (Å²) >= 11 is 0. The number of hydrogen-bond donors (Lipinski definition) is 1. The van der Waals surface area contributed by atoms with E-state index < -0.39 is 0 Å². The molecule has 0 saturated heterocycles. The Morgan fingerprint density at radius 3 is 2.93 bits per heavy atom. The number of aromatic hydroxyl groups is 1. The molecule has 2 rings (SSSR count). The predicted octanol–water partition coefficient (Wildman–Crippen LogP) is 2.24. The maximum atomic E-state index is 9.54. The molecule has 3 nitrogen and oxygen atoms in total. The molecule has 0 amide bonds. The minimum Gasteiger partial charge on any atom is -0.504 e. The average molecular weight is 190 g/mol. The first kappa shape index (κ1) is 9.06. The van der Waals surface area contributed by atoms with E-state index in [1.807, 2.05) is 22.9 Å². The lowest BCUT2D eigenvalue weighted by Gasteiger charge is -1.97. The Labute approximate surface area is 83.0 Å². The van der Waals surface area contributed by atoms with Crippen molar-refractivity contribution in [2.45, 2.75) is 20.3 Å². The molecular weight excluding hydrogens is 176 g/mol. The van der Waals surface area contributed by atoms with Gasteiger partial charge in [-0.05, 0) is 24.5 Å². The number of nitrogens with zero attached hydrogens (tertiary/aromatic N) is 2. The summed E-state index contributed by atoms with van der Waals surface area (Å²) in [6.45, 7) is 4.31. The summed E-state index contributed by atoms with van der Waals surface area (Å²) < 4.78 is 1.85. The van der Waals surface area contributed by atoms with E-state index >= 15 is 0 Å². The van der Waals surface area contributed by atoms with Crippen molar-refractivity contribution >= 4 is 5.65 Å². The quantitative estimate of drug-likeness (QED) is 0.788. The lowest BCUT2D eigenvalue weighted by Crippen LogP contribution is -1.93. The fraction of sp³-hybridized carbons (Fsp3) is 0.364. The Hall–Kier alpha value is -1.51. The van der Waals surface area contributed by atoms with Crippen molar-refractivity contribution in [3.05, 3.63) is 30.2 Å². The van der Waals surface area contributed by atoms with Crippen LogP contribution >= 0.6 is 0 Å². The maximum Gasteiger partial charge on any atom is 0.179 e. The SMILES string of the molecule is CC(C)Cc1cn2cccc(O)c2n1. The van der Waals surface area contributed by atoms with Crippen molar-refractivity contribution < 1.29 is 5.11 Å². The number of hydrogen-bond acceptors (Lipinski definition) is 2. The summed E-state index contributed by atoms with van der Waals surface area (Å²) in [6, 6.07) is 3.46. The maximum absolute atomic E-state index is 9.54. The molecule has 0 radical (unpaired) electrons. The zero-order valence-electron chi connectivity index (χ0n) is 8.44. The highest BCUT2D eigenvalue weighted by atomic mass is 16.3. The van der Waals surface area contributed by atoms with Crippen LogP contribution in [-0.2, 0) is 6.42 Å². The van der Waals surface area contributed by atoms with E-state index in [0.717, 1.165) is 12.1 Å². The average Bonchev–Trinajstić information content (AvgIpc) is 2.47. The van der Waals surface area contributed by atoms with Gasteiger partial charge in [-0.3, -0.25) is 0 Å². The molecule has 14 heavy (non-hydrogen) atoms. The summed E-state index contributed by atoms with van der Waals surface area (Å²) in [6.07, 6.45) is 4.81. The van der Waals surface area contributed by atoms with Crippen molar-refractivity contribution in [1.29, 1.82) is 0 Å². The molecule has 0 atom stereocenters. The molecule has 0 spiro atoms. The predicted molar refractivity (Wildman–Crippen MR) is 55.4 cm³/mol. The third-order valence-corrected chi connectivity index (χ3v) is 2.13. The van der Waals surface area contributed by atoms with E-state index in [1.165, 1.54) is 0 Å². The Morgan fingerprint density at radius 1 is 1.50 bits per heavy atom. The van der Waals surface area contributed by atoms with Crippen LogP contribution in [0.3, 0.4) is 0 Å². The molecule has 2 aromatic rings. The Kier molecular flexibility index (Phi) is 2.15. The first-order valence-corrected chi connectivity index (χ1v) is 4.82. The van der Waals surface area contributed by atoms with Crippen molar-refractivity contribution in [2.24, 2.45) is 5.92 Å². The van der Waals surface area contributed by atoms with Crippen molar-refractivity contribution in [3.8, 4) is 5.75 Å². The van der Waals surface area contributed by atoms with Crippen LogP contribution in [0.4, 0.5) is 0 Å². The lowest BCUT2D eigenvalue weighted by molar-refractivity contribution is 0.477. The van der Waals surface area contributed by atoms with E-state index in [0.29, 0.717) is 11.6 Å². The fourth-order valence-corrected chi connectivity index (χ4v) is 1.57. The second kappa shape index (κ2) is 3.33. The molecule has 2 aromatic heterocycles. The summed E-state index contributed by atoms with van der Waals surface area (Å²) in [5, 5.41) is 9.54. The summed E-state index contributed by atoms with van der Waals surface area (Å²) in [7, 11) is 0. The number of aromatic nitrogens is 2. The number of rotatable bonds is 2. The van der Waals surface area contributed by atoms with Gasteiger partial charge in [0.15, 0.2) is 11.4 Å². The van der Waals surface area contributed by atoms with E-state index in [4.69, 9.17) is 0 Å².